The Morgan fingerprint density at radius 3 is 2.60 bits per heavy atom. The number of ether oxygens (including phenoxy) is 1. The number of hydrogen-bond acceptors (Lipinski definition) is 2. The van der Waals surface area contributed by atoms with Crippen LogP contribution in [0.25, 0.3) is 0 Å². The topological polar surface area (TPSA) is 29.5 Å². The van der Waals surface area contributed by atoms with Gasteiger partial charge in [-0.3, -0.25) is 4.79 Å². The van der Waals surface area contributed by atoms with Crippen LogP contribution in [-0.2, 0) is 4.79 Å². The molecule has 0 saturated carbocycles. The number of carbonyl (C=O) groups excluding carboxylic acids is 1. The Bertz CT molecular complexity index is 363. The fourth-order valence-corrected chi connectivity index (χ4v) is 1.84. The molecule has 0 bridgehead atoms. The first-order chi connectivity index (χ1) is 7.16. The Morgan fingerprint density at radius 1 is 1.40 bits per heavy atom. The third-order valence-electron chi connectivity index (χ3n) is 2.47. The number of likely N-dealkylation sites (N-methyl/N-ethyl adjacent to an activating group) is 1. The van der Waals surface area contributed by atoms with E-state index in [4.69, 9.17) is 4.74 Å². The van der Waals surface area contributed by atoms with Crippen LogP contribution in [0.1, 0.15) is 6.42 Å². The Hall–Kier alpha value is -1.03. The van der Waals surface area contributed by atoms with Crippen molar-refractivity contribution in [1.29, 1.82) is 0 Å². The zero-order valence-electron chi connectivity index (χ0n) is 8.44. The first-order valence-corrected chi connectivity index (χ1v) is 5.63. The van der Waals surface area contributed by atoms with Gasteiger partial charge >= 0.3 is 0 Å². The molecule has 1 aliphatic heterocycles. The van der Waals surface area contributed by atoms with Gasteiger partial charge in [-0.05, 0) is 24.3 Å². The van der Waals surface area contributed by atoms with E-state index in [1.165, 1.54) is 0 Å². The molecule has 2 rings (SSSR count). The summed E-state index contributed by atoms with van der Waals surface area (Å²) in [5.74, 6) is 0.810. The maximum Gasteiger partial charge on any atom is 0.263 e. The van der Waals surface area contributed by atoms with Gasteiger partial charge in [0.25, 0.3) is 5.91 Å². The zero-order valence-corrected chi connectivity index (χ0v) is 10.0. The third-order valence-corrected chi connectivity index (χ3v) is 3.00. The molecule has 15 heavy (non-hydrogen) atoms. The predicted octanol–water partition coefficient (Wildman–Crippen LogP) is 2.06. The fraction of sp³-hybridized carbons (Fsp3) is 0.364. The van der Waals surface area contributed by atoms with Crippen LogP contribution in [-0.4, -0.2) is 30.5 Å². The maximum atomic E-state index is 11.6. The molecule has 1 unspecified atom stereocenters. The van der Waals surface area contributed by atoms with Crippen LogP contribution in [0.4, 0.5) is 0 Å². The van der Waals surface area contributed by atoms with Crippen LogP contribution in [0.2, 0.25) is 0 Å². The van der Waals surface area contributed by atoms with Crippen LogP contribution in [0, 0.1) is 0 Å². The van der Waals surface area contributed by atoms with Crippen molar-refractivity contribution in [3.8, 4) is 5.75 Å². The van der Waals surface area contributed by atoms with E-state index < -0.39 is 0 Å². The van der Waals surface area contributed by atoms with Crippen molar-refractivity contribution in [2.45, 2.75) is 12.5 Å². The van der Waals surface area contributed by atoms with Crippen LogP contribution < -0.4 is 4.74 Å². The van der Waals surface area contributed by atoms with Gasteiger partial charge in [0.15, 0.2) is 6.10 Å². The van der Waals surface area contributed by atoms with Gasteiger partial charge in [0.2, 0.25) is 0 Å². The second-order valence-corrected chi connectivity index (χ2v) is 4.52. The molecule has 80 valence electrons. The lowest BCUT2D eigenvalue weighted by molar-refractivity contribution is -0.132. The average Bonchev–Trinajstić information content (AvgIpc) is 2.53. The molecule has 1 aromatic rings. The Kier molecular flexibility index (Phi) is 2.95. The lowest BCUT2D eigenvalue weighted by Crippen LogP contribution is -2.29. The molecule has 1 saturated heterocycles. The normalized spacial score (nSPS) is 20.8. The molecule has 0 spiro atoms. The Labute approximate surface area is 97.2 Å². The standard InChI is InChI=1S/C11H12BrNO2/c1-13-7-6-10(11(13)14)15-9-4-2-8(12)3-5-9/h2-5,10H,6-7H2,1H3. The average molecular weight is 270 g/mol. The van der Waals surface area contributed by atoms with Gasteiger partial charge in [0.05, 0.1) is 0 Å². The van der Waals surface area contributed by atoms with Crippen molar-refractivity contribution in [3.63, 3.8) is 0 Å². The highest BCUT2D eigenvalue weighted by atomic mass is 79.9. The molecular weight excluding hydrogens is 258 g/mol. The summed E-state index contributed by atoms with van der Waals surface area (Å²) in [6.07, 6.45) is 0.460. The van der Waals surface area contributed by atoms with Crippen LogP contribution in [0.5, 0.6) is 5.75 Å². The van der Waals surface area contributed by atoms with Crippen LogP contribution in [0.3, 0.4) is 0 Å². The first-order valence-electron chi connectivity index (χ1n) is 4.84. The van der Waals surface area contributed by atoms with Gasteiger partial charge in [-0.25, -0.2) is 0 Å². The highest BCUT2D eigenvalue weighted by Crippen LogP contribution is 2.20. The minimum absolute atomic E-state index is 0.0675. The van der Waals surface area contributed by atoms with Gasteiger partial charge in [-0.2, -0.15) is 0 Å². The van der Waals surface area contributed by atoms with Crippen molar-refractivity contribution < 1.29 is 9.53 Å². The van der Waals surface area contributed by atoms with E-state index in [1.807, 2.05) is 24.3 Å². The Balaban J connectivity index is 2.03. The monoisotopic (exact) mass is 269 g/mol. The number of likely N-dealkylation sites (tertiary alicyclic amines) is 1. The van der Waals surface area contributed by atoms with Crippen molar-refractivity contribution in [1.82, 2.24) is 4.90 Å². The molecule has 0 aliphatic carbocycles. The largest absolute Gasteiger partial charge is 0.481 e. The van der Waals surface area contributed by atoms with Crippen LogP contribution in [0.15, 0.2) is 28.7 Å². The summed E-state index contributed by atoms with van der Waals surface area (Å²) >= 11 is 3.35. The molecule has 1 aliphatic rings. The van der Waals surface area contributed by atoms with Crippen molar-refractivity contribution in [2.24, 2.45) is 0 Å². The first kappa shape index (κ1) is 10.5. The molecule has 3 nitrogen and oxygen atoms in total. The molecule has 0 N–H and O–H groups in total. The summed E-state index contributed by atoms with van der Waals surface area (Å²) in [5.41, 5.74) is 0. The number of rotatable bonds is 2. The highest BCUT2D eigenvalue weighted by Gasteiger charge is 2.30. The fourth-order valence-electron chi connectivity index (χ4n) is 1.58. The zero-order chi connectivity index (χ0) is 10.8. The van der Waals surface area contributed by atoms with Crippen LogP contribution >= 0.6 is 15.9 Å². The highest BCUT2D eigenvalue weighted by molar-refractivity contribution is 9.10. The van der Waals surface area contributed by atoms with Crippen molar-refractivity contribution in [3.05, 3.63) is 28.7 Å². The number of hydrogen-bond donors (Lipinski definition) is 0. The molecule has 1 fully saturated rings. The molecule has 1 atom stereocenters. The van der Waals surface area contributed by atoms with Gasteiger partial charge in [0.1, 0.15) is 5.75 Å². The van der Waals surface area contributed by atoms with E-state index in [0.29, 0.717) is 0 Å². The second-order valence-electron chi connectivity index (χ2n) is 3.61. The summed E-state index contributed by atoms with van der Waals surface area (Å²) in [6.45, 7) is 0.778. The van der Waals surface area contributed by atoms with E-state index in [-0.39, 0.29) is 12.0 Å². The molecule has 4 heteroatoms. The number of carbonyl (C=O) groups is 1. The van der Waals surface area contributed by atoms with E-state index in [2.05, 4.69) is 15.9 Å². The Morgan fingerprint density at radius 2 is 2.07 bits per heavy atom. The molecule has 1 amide bonds. The molecule has 1 heterocycles. The number of halogens is 1. The molecule has 0 radical (unpaired) electrons. The van der Waals surface area contributed by atoms with Gasteiger partial charge in [0, 0.05) is 24.5 Å². The van der Waals surface area contributed by atoms with Gasteiger partial charge in [-0.1, -0.05) is 15.9 Å². The second kappa shape index (κ2) is 4.23. The molecule has 0 aromatic heterocycles. The van der Waals surface area contributed by atoms with Gasteiger partial charge < -0.3 is 9.64 Å². The van der Waals surface area contributed by atoms with Crippen molar-refractivity contribution >= 4 is 21.8 Å². The number of amides is 1. The maximum absolute atomic E-state index is 11.6. The van der Waals surface area contributed by atoms with E-state index in [9.17, 15) is 4.79 Å². The minimum atomic E-state index is -0.309. The SMILES string of the molecule is CN1CCC(Oc2ccc(Br)cc2)C1=O. The lowest BCUT2D eigenvalue weighted by atomic mass is 10.3. The van der Waals surface area contributed by atoms with E-state index in [1.54, 1.807) is 11.9 Å². The van der Waals surface area contributed by atoms with Gasteiger partial charge in [-0.15, -0.1) is 0 Å². The summed E-state index contributed by atoms with van der Waals surface area (Å²) in [5, 5.41) is 0. The van der Waals surface area contributed by atoms with E-state index in [0.717, 1.165) is 23.2 Å². The molecule has 1 aromatic carbocycles. The third kappa shape index (κ3) is 2.31. The van der Waals surface area contributed by atoms with E-state index >= 15 is 0 Å². The summed E-state index contributed by atoms with van der Waals surface area (Å²) in [7, 11) is 1.80. The summed E-state index contributed by atoms with van der Waals surface area (Å²) in [6, 6.07) is 7.52. The number of nitrogens with zero attached hydrogens (tertiary/aromatic N) is 1. The quantitative estimate of drug-likeness (QED) is 0.823. The van der Waals surface area contributed by atoms with Crippen molar-refractivity contribution in [2.75, 3.05) is 13.6 Å². The lowest BCUT2D eigenvalue weighted by Gasteiger charge is -2.12. The number of benzene rings is 1. The summed E-state index contributed by atoms with van der Waals surface area (Å²) in [4.78, 5) is 13.3. The summed E-state index contributed by atoms with van der Waals surface area (Å²) < 4.78 is 6.61. The minimum Gasteiger partial charge on any atom is -0.481 e. The molecular formula is C11H12BrNO2. The smallest absolute Gasteiger partial charge is 0.263 e. The predicted molar refractivity (Wildman–Crippen MR) is 60.8 cm³/mol.